The summed E-state index contributed by atoms with van der Waals surface area (Å²) in [5.74, 6) is 2.24. The number of rotatable bonds is 7. The van der Waals surface area contributed by atoms with E-state index in [1.165, 1.54) is 5.56 Å². The summed E-state index contributed by atoms with van der Waals surface area (Å²) in [4.78, 5) is 16.1. The molecule has 0 saturated heterocycles. The maximum Gasteiger partial charge on any atom is 0.270 e. The van der Waals surface area contributed by atoms with Gasteiger partial charge >= 0.3 is 0 Å². The largest absolute Gasteiger partial charge is 0.497 e. The van der Waals surface area contributed by atoms with Gasteiger partial charge in [-0.1, -0.05) is 48.5 Å². The van der Waals surface area contributed by atoms with E-state index in [0.717, 1.165) is 51.1 Å². The van der Waals surface area contributed by atoms with Gasteiger partial charge in [0, 0.05) is 30.5 Å². The molecule has 202 valence electrons. The average molecular weight is 533 g/mol. The summed E-state index contributed by atoms with van der Waals surface area (Å²) in [5, 5.41) is 1.03. The minimum atomic E-state index is 0.0236. The number of amides is 1. The highest BCUT2D eigenvalue weighted by Gasteiger charge is 2.27. The van der Waals surface area contributed by atoms with Gasteiger partial charge in [0.1, 0.15) is 11.4 Å². The lowest BCUT2D eigenvalue weighted by Crippen LogP contribution is -2.37. The number of benzene rings is 4. The maximum absolute atomic E-state index is 14.1. The summed E-state index contributed by atoms with van der Waals surface area (Å²) in [5.41, 5.74) is 7.29. The number of hydrogen-bond acceptors (Lipinski definition) is 4. The van der Waals surface area contributed by atoms with Crippen LogP contribution in [0.4, 0.5) is 0 Å². The number of fused-ring (bicyclic) bond motifs is 2. The van der Waals surface area contributed by atoms with E-state index < -0.39 is 0 Å². The van der Waals surface area contributed by atoms with Crippen LogP contribution in [-0.4, -0.2) is 43.2 Å². The van der Waals surface area contributed by atoms with Crippen molar-refractivity contribution in [2.75, 3.05) is 27.9 Å². The molecule has 1 aliphatic rings. The average Bonchev–Trinajstić information content (AvgIpc) is 3.37. The Morgan fingerprint density at radius 1 is 0.750 bits per heavy atom. The van der Waals surface area contributed by atoms with E-state index in [0.29, 0.717) is 31.1 Å². The molecule has 1 amide bonds. The summed E-state index contributed by atoms with van der Waals surface area (Å²) < 4.78 is 18.6. The molecule has 6 rings (SSSR count). The first-order chi connectivity index (χ1) is 19.6. The molecule has 0 spiro atoms. The van der Waals surface area contributed by atoms with Crippen molar-refractivity contribution in [3.63, 3.8) is 0 Å². The van der Waals surface area contributed by atoms with Gasteiger partial charge in [-0.05, 0) is 76.7 Å². The number of aromatic nitrogens is 1. The van der Waals surface area contributed by atoms with Crippen LogP contribution in [0.3, 0.4) is 0 Å². The van der Waals surface area contributed by atoms with Gasteiger partial charge in [0.25, 0.3) is 5.91 Å². The molecule has 0 unspecified atom stereocenters. The monoisotopic (exact) mass is 532 g/mol. The first-order valence-electron chi connectivity index (χ1n) is 13.4. The Bertz CT molecular complexity index is 1690. The second kappa shape index (κ2) is 10.8. The van der Waals surface area contributed by atoms with Crippen molar-refractivity contribution in [2.24, 2.45) is 0 Å². The third kappa shape index (κ3) is 4.77. The van der Waals surface area contributed by atoms with Crippen molar-refractivity contribution >= 4 is 16.8 Å². The molecule has 6 nitrogen and oxygen atoms in total. The van der Waals surface area contributed by atoms with Crippen LogP contribution in [0, 0.1) is 0 Å². The van der Waals surface area contributed by atoms with Crippen LogP contribution in [-0.2, 0) is 19.5 Å². The fraction of sp³-hybridized carbons (Fsp3) is 0.206. The van der Waals surface area contributed by atoms with Crippen LogP contribution in [0.2, 0.25) is 0 Å². The van der Waals surface area contributed by atoms with E-state index in [4.69, 9.17) is 14.2 Å². The maximum atomic E-state index is 14.1. The quantitative estimate of drug-likeness (QED) is 0.238. The van der Waals surface area contributed by atoms with E-state index in [1.54, 1.807) is 21.3 Å². The molecule has 4 aromatic carbocycles. The van der Waals surface area contributed by atoms with Gasteiger partial charge in [-0.2, -0.15) is 0 Å². The molecular weight excluding hydrogens is 500 g/mol. The van der Waals surface area contributed by atoms with E-state index in [1.807, 2.05) is 59.5 Å². The molecule has 1 aromatic heterocycles. The number of carbonyl (C=O) groups is 1. The lowest BCUT2D eigenvalue weighted by Gasteiger charge is -2.30. The third-order valence-electron chi connectivity index (χ3n) is 7.71. The molecule has 5 aromatic rings. The van der Waals surface area contributed by atoms with E-state index in [-0.39, 0.29) is 5.91 Å². The van der Waals surface area contributed by atoms with Crippen LogP contribution in [0.25, 0.3) is 22.0 Å². The van der Waals surface area contributed by atoms with Gasteiger partial charge in [-0.15, -0.1) is 0 Å². The summed E-state index contributed by atoms with van der Waals surface area (Å²) in [6, 6.07) is 30.8. The summed E-state index contributed by atoms with van der Waals surface area (Å²) >= 11 is 0. The van der Waals surface area contributed by atoms with Crippen molar-refractivity contribution in [1.82, 2.24) is 9.47 Å². The normalized spacial score (nSPS) is 12.7. The molecule has 40 heavy (non-hydrogen) atoms. The topological polar surface area (TPSA) is 52.9 Å². The van der Waals surface area contributed by atoms with E-state index in [2.05, 4.69) is 41.0 Å². The van der Waals surface area contributed by atoms with Crippen molar-refractivity contribution in [1.29, 1.82) is 0 Å². The lowest BCUT2D eigenvalue weighted by atomic mass is 9.98. The summed E-state index contributed by atoms with van der Waals surface area (Å²) in [6.45, 7) is 1.78. The molecule has 0 N–H and O–H groups in total. The zero-order chi connectivity index (χ0) is 27.6. The molecule has 0 aliphatic carbocycles. The lowest BCUT2D eigenvalue weighted by molar-refractivity contribution is 0.0724. The van der Waals surface area contributed by atoms with Crippen LogP contribution >= 0.6 is 0 Å². The number of carbonyl (C=O) groups excluding carboxylic acids is 1. The zero-order valence-electron chi connectivity index (χ0n) is 23.0. The highest BCUT2D eigenvalue weighted by molar-refractivity contribution is 6.00. The van der Waals surface area contributed by atoms with Crippen molar-refractivity contribution in [3.8, 4) is 28.4 Å². The van der Waals surface area contributed by atoms with Crippen molar-refractivity contribution in [2.45, 2.75) is 19.5 Å². The minimum Gasteiger partial charge on any atom is -0.497 e. The number of ether oxygens (including phenoxy) is 3. The first kappa shape index (κ1) is 25.6. The SMILES string of the molecule is COc1cccc(-c2ccc3c(c2)cc(C(=O)N2CCc4cc(OC)c(OC)cc4C2)n3Cc2ccccc2)c1. The Balaban J connectivity index is 1.39. The molecule has 0 atom stereocenters. The number of methoxy groups -OCH3 is 3. The first-order valence-corrected chi connectivity index (χ1v) is 13.4. The molecular formula is C34H32N2O4. The Hall–Kier alpha value is -4.71. The van der Waals surface area contributed by atoms with Crippen molar-refractivity contribution < 1.29 is 19.0 Å². The van der Waals surface area contributed by atoms with Crippen molar-refractivity contribution in [3.05, 3.63) is 113 Å². The smallest absolute Gasteiger partial charge is 0.270 e. The van der Waals surface area contributed by atoms with Gasteiger partial charge in [0.05, 0.1) is 21.3 Å². The minimum absolute atomic E-state index is 0.0236. The fourth-order valence-corrected chi connectivity index (χ4v) is 5.59. The molecule has 0 fully saturated rings. The van der Waals surface area contributed by atoms with Gasteiger partial charge in [-0.3, -0.25) is 4.79 Å². The Kier molecular flexibility index (Phi) is 6.91. The second-order valence-corrected chi connectivity index (χ2v) is 10.1. The van der Waals surface area contributed by atoms with Crippen LogP contribution in [0.15, 0.2) is 91.0 Å². The highest BCUT2D eigenvalue weighted by atomic mass is 16.5. The standard InChI is InChI=1S/C34H32N2O4/c1-38-29-11-7-10-24(17-29)25-12-13-30-27(16-25)18-31(36(30)21-23-8-5-4-6-9-23)34(37)35-15-14-26-19-32(39-2)33(40-3)20-28(26)22-35/h4-13,16-20H,14-15,21-22H2,1-3H3. The van der Waals surface area contributed by atoms with Gasteiger partial charge in [0.2, 0.25) is 0 Å². The molecule has 0 radical (unpaired) electrons. The predicted molar refractivity (Wildman–Crippen MR) is 157 cm³/mol. The zero-order valence-corrected chi connectivity index (χ0v) is 23.0. The Morgan fingerprint density at radius 2 is 1.50 bits per heavy atom. The van der Waals surface area contributed by atoms with E-state index >= 15 is 0 Å². The fourth-order valence-electron chi connectivity index (χ4n) is 5.59. The van der Waals surface area contributed by atoms with Gasteiger partial charge < -0.3 is 23.7 Å². The highest BCUT2D eigenvalue weighted by Crippen LogP contribution is 2.35. The molecule has 0 saturated carbocycles. The summed E-state index contributed by atoms with van der Waals surface area (Å²) in [7, 11) is 4.96. The third-order valence-corrected chi connectivity index (χ3v) is 7.71. The predicted octanol–water partition coefficient (Wildman–Crippen LogP) is 6.58. The van der Waals surface area contributed by atoms with Crippen LogP contribution in [0.5, 0.6) is 17.2 Å². The number of hydrogen-bond donors (Lipinski definition) is 0. The molecule has 2 heterocycles. The number of nitrogens with zero attached hydrogens (tertiary/aromatic N) is 2. The van der Waals surface area contributed by atoms with Gasteiger partial charge in [0.15, 0.2) is 11.5 Å². The van der Waals surface area contributed by atoms with Gasteiger partial charge in [-0.25, -0.2) is 0 Å². The van der Waals surface area contributed by atoms with Crippen LogP contribution in [0.1, 0.15) is 27.2 Å². The van der Waals surface area contributed by atoms with Crippen LogP contribution < -0.4 is 14.2 Å². The second-order valence-electron chi connectivity index (χ2n) is 10.1. The Morgan fingerprint density at radius 3 is 2.25 bits per heavy atom. The molecule has 1 aliphatic heterocycles. The molecule has 0 bridgehead atoms. The summed E-state index contributed by atoms with van der Waals surface area (Å²) in [6.07, 6.45) is 0.764. The Labute approximate surface area is 234 Å². The molecule has 6 heteroatoms. The van der Waals surface area contributed by atoms with E-state index in [9.17, 15) is 4.79 Å².